The summed E-state index contributed by atoms with van der Waals surface area (Å²) in [5, 5.41) is 3.98. The van der Waals surface area contributed by atoms with E-state index in [0.29, 0.717) is 25.3 Å². The summed E-state index contributed by atoms with van der Waals surface area (Å²) in [7, 11) is 0. The molecule has 0 aromatic carbocycles. The van der Waals surface area contributed by atoms with Crippen molar-refractivity contribution in [2.45, 2.75) is 19.8 Å². The molecule has 140 valence electrons. The van der Waals surface area contributed by atoms with Crippen LogP contribution >= 0.6 is 0 Å². The zero-order valence-electron chi connectivity index (χ0n) is 15.1. The summed E-state index contributed by atoms with van der Waals surface area (Å²) in [4.78, 5) is 29.5. The Labute approximate surface area is 156 Å². The number of hydrogen-bond acceptors (Lipinski definition) is 5. The van der Waals surface area contributed by atoms with Crippen LogP contribution in [0.25, 0.3) is 22.4 Å². The van der Waals surface area contributed by atoms with Crippen LogP contribution in [0.1, 0.15) is 19.8 Å². The third-order valence-corrected chi connectivity index (χ3v) is 4.94. The average Bonchev–Trinajstić information content (AvgIpc) is 3.34. The van der Waals surface area contributed by atoms with Crippen molar-refractivity contribution >= 4 is 22.8 Å². The second kappa shape index (κ2) is 7.30. The number of nitrogens with one attached hydrogen (secondary N) is 2. The number of carbonyl (C=O) groups is 1. The van der Waals surface area contributed by atoms with Gasteiger partial charge in [-0.1, -0.05) is 6.92 Å². The first-order valence-corrected chi connectivity index (χ1v) is 9.12. The molecule has 4 rings (SSSR count). The van der Waals surface area contributed by atoms with Crippen molar-refractivity contribution in [2.24, 2.45) is 5.92 Å². The Morgan fingerprint density at radius 2 is 2.33 bits per heavy atom. The van der Waals surface area contributed by atoms with Crippen molar-refractivity contribution in [3.8, 4) is 11.4 Å². The van der Waals surface area contributed by atoms with Crippen molar-refractivity contribution in [3.63, 3.8) is 0 Å². The van der Waals surface area contributed by atoms with Gasteiger partial charge >= 0.3 is 0 Å². The van der Waals surface area contributed by atoms with Crippen LogP contribution in [0.3, 0.4) is 0 Å². The third-order valence-electron chi connectivity index (χ3n) is 4.94. The van der Waals surface area contributed by atoms with Gasteiger partial charge in [-0.05, 0) is 24.5 Å². The first-order valence-electron chi connectivity index (χ1n) is 9.12. The van der Waals surface area contributed by atoms with Crippen molar-refractivity contribution in [3.05, 3.63) is 36.5 Å². The summed E-state index contributed by atoms with van der Waals surface area (Å²) in [6.45, 7) is 3.90. The van der Waals surface area contributed by atoms with E-state index in [1.54, 1.807) is 12.4 Å². The van der Waals surface area contributed by atoms with Crippen LogP contribution in [0.5, 0.6) is 0 Å². The quantitative estimate of drug-likeness (QED) is 0.723. The van der Waals surface area contributed by atoms with E-state index < -0.39 is 5.82 Å². The van der Waals surface area contributed by atoms with Gasteiger partial charge in [0.15, 0.2) is 17.5 Å². The van der Waals surface area contributed by atoms with E-state index in [-0.39, 0.29) is 17.6 Å². The Hall–Kier alpha value is -3.03. The molecule has 1 fully saturated rings. The largest absolute Gasteiger partial charge is 0.367 e. The lowest BCUT2D eigenvalue weighted by molar-refractivity contribution is -0.129. The normalized spacial score (nSPS) is 16.8. The van der Waals surface area contributed by atoms with Crippen molar-refractivity contribution in [1.82, 2.24) is 24.8 Å². The van der Waals surface area contributed by atoms with Gasteiger partial charge < -0.3 is 15.2 Å². The molecule has 3 aromatic rings. The van der Waals surface area contributed by atoms with Gasteiger partial charge in [-0.25, -0.2) is 19.3 Å². The maximum absolute atomic E-state index is 14.2. The molecule has 27 heavy (non-hydrogen) atoms. The minimum Gasteiger partial charge on any atom is -0.367 e. The third kappa shape index (κ3) is 3.47. The number of nitrogens with zero attached hydrogens (tertiary/aromatic N) is 4. The number of anilines is 1. The van der Waals surface area contributed by atoms with Crippen LogP contribution in [0.15, 0.2) is 30.7 Å². The van der Waals surface area contributed by atoms with Gasteiger partial charge in [-0.3, -0.25) is 4.79 Å². The van der Waals surface area contributed by atoms with Gasteiger partial charge in [0.25, 0.3) is 0 Å². The highest BCUT2D eigenvalue weighted by atomic mass is 19.1. The molecule has 8 heteroatoms. The van der Waals surface area contributed by atoms with E-state index in [0.717, 1.165) is 29.6 Å². The van der Waals surface area contributed by atoms with E-state index in [1.165, 1.54) is 6.20 Å². The van der Waals surface area contributed by atoms with Gasteiger partial charge in [-0.2, -0.15) is 0 Å². The molecule has 0 bridgehead atoms. The molecule has 4 heterocycles. The highest BCUT2D eigenvalue weighted by Crippen LogP contribution is 2.26. The smallest absolute Gasteiger partial charge is 0.222 e. The van der Waals surface area contributed by atoms with E-state index in [2.05, 4.69) is 25.3 Å². The number of carbonyl (C=O) groups excluding carboxylic acids is 1. The summed E-state index contributed by atoms with van der Waals surface area (Å²) < 4.78 is 14.2. The maximum Gasteiger partial charge on any atom is 0.222 e. The molecule has 0 unspecified atom stereocenters. The number of fused-ring (bicyclic) bond motifs is 1. The monoisotopic (exact) mass is 368 g/mol. The number of pyridine rings is 1. The number of amides is 1. The fraction of sp³-hybridized carbons (Fsp3) is 0.368. The van der Waals surface area contributed by atoms with E-state index in [4.69, 9.17) is 0 Å². The molecule has 2 N–H and O–H groups in total. The lowest BCUT2D eigenvalue weighted by atomic mass is 10.1. The van der Waals surface area contributed by atoms with Crippen LogP contribution in [-0.2, 0) is 4.79 Å². The fourth-order valence-electron chi connectivity index (χ4n) is 3.45. The predicted molar refractivity (Wildman–Crippen MR) is 101 cm³/mol. The Balaban J connectivity index is 1.49. The SMILES string of the molecule is CCC(=O)N1CC[C@H](CNc2nc(-c3c[nH]c4ncccc34)ncc2F)C1. The summed E-state index contributed by atoms with van der Waals surface area (Å²) >= 11 is 0. The molecule has 3 aromatic heterocycles. The molecule has 1 aliphatic heterocycles. The molecule has 0 spiro atoms. The van der Waals surface area contributed by atoms with Gasteiger partial charge in [0.05, 0.1) is 6.20 Å². The van der Waals surface area contributed by atoms with Gasteiger partial charge in [-0.15, -0.1) is 0 Å². The second-order valence-corrected chi connectivity index (χ2v) is 6.72. The standard InChI is InChI=1S/C19H21FN6O/c1-2-16(27)26-7-5-12(11-26)8-22-19-15(20)10-24-18(25-19)14-9-23-17-13(14)4-3-6-21-17/h3-4,6,9-10,12H,2,5,7-8,11H2,1H3,(H,21,23)(H,22,24,25)/t12-/m1/s1. The van der Waals surface area contributed by atoms with Gasteiger partial charge in [0.2, 0.25) is 5.91 Å². The number of halogens is 1. The van der Waals surface area contributed by atoms with Crippen LogP contribution in [0.2, 0.25) is 0 Å². The van der Waals surface area contributed by atoms with Crippen molar-refractivity contribution in [2.75, 3.05) is 25.0 Å². The zero-order chi connectivity index (χ0) is 18.8. The average molecular weight is 368 g/mol. The summed E-state index contributed by atoms with van der Waals surface area (Å²) in [5.41, 5.74) is 1.52. The van der Waals surface area contributed by atoms with E-state index in [9.17, 15) is 9.18 Å². The molecular formula is C19H21FN6O. The maximum atomic E-state index is 14.2. The minimum absolute atomic E-state index is 0.168. The second-order valence-electron chi connectivity index (χ2n) is 6.72. The highest BCUT2D eigenvalue weighted by Gasteiger charge is 2.25. The lowest BCUT2D eigenvalue weighted by Crippen LogP contribution is -2.29. The van der Waals surface area contributed by atoms with E-state index >= 15 is 0 Å². The molecular weight excluding hydrogens is 347 g/mol. The molecule has 0 saturated carbocycles. The Morgan fingerprint density at radius 1 is 1.44 bits per heavy atom. The number of aromatic amines is 1. The number of likely N-dealkylation sites (tertiary alicyclic amines) is 1. The molecule has 1 saturated heterocycles. The number of aromatic nitrogens is 4. The number of rotatable bonds is 5. The predicted octanol–water partition coefficient (Wildman–Crippen LogP) is 2.83. The van der Waals surface area contributed by atoms with Crippen LogP contribution < -0.4 is 5.32 Å². The molecule has 7 nitrogen and oxygen atoms in total. The van der Waals surface area contributed by atoms with Crippen LogP contribution in [-0.4, -0.2) is 50.4 Å². The Morgan fingerprint density at radius 3 is 3.19 bits per heavy atom. The Kier molecular flexibility index (Phi) is 4.70. The summed E-state index contributed by atoms with van der Waals surface area (Å²) in [6.07, 6.45) is 6.09. The van der Waals surface area contributed by atoms with Crippen molar-refractivity contribution < 1.29 is 9.18 Å². The molecule has 0 radical (unpaired) electrons. The topological polar surface area (TPSA) is 86.8 Å². The van der Waals surface area contributed by atoms with E-state index in [1.807, 2.05) is 24.0 Å². The summed E-state index contributed by atoms with van der Waals surface area (Å²) in [5.74, 6) is 0.582. The van der Waals surface area contributed by atoms with Crippen molar-refractivity contribution in [1.29, 1.82) is 0 Å². The van der Waals surface area contributed by atoms with Crippen LogP contribution in [0.4, 0.5) is 10.2 Å². The molecule has 0 aliphatic carbocycles. The Bertz CT molecular complexity index is 972. The molecule has 1 aliphatic rings. The van der Waals surface area contributed by atoms with Gasteiger partial charge in [0.1, 0.15) is 5.65 Å². The summed E-state index contributed by atoms with van der Waals surface area (Å²) in [6, 6.07) is 3.76. The molecule has 1 atom stereocenters. The van der Waals surface area contributed by atoms with Gasteiger partial charge in [0, 0.05) is 49.4 Å². The minimum atomic E-state index is -0.490. The molecule has 1 amide bonds. The lowest BCUT2D eigenvalue weighted by Gasteiger charge is -2.16. The zero-order valence-corrected chi connectivity index (χ0v) is 15.1. The number of H-pyrrole nitrogens is 1. The first kappa shape index (κ1) is 17.4. The first-order chi connectivity index (χ1) is 13.2. The van der Waals surface area contributed by atoms with Crippen LogP contribution in [0, 0.1) is 11.7 Å². The highest BCUT2D eigenvalue weighted by molar-refractivity contribution is 5.91. The number of hydrogen-bond donors (Lipinski definition) is 2. The fourth-order valence-corrected chi connectivity index (χ4v) is 3.45.